The van der Waals surface area contributed by atoms with Crippen LogP contribution < -0.4 is 9.75 Å². The lowest BCUT2D eigenvalue weighted by Gasteiger charge is -2.13. The summed E-state index contributed by atoms with van der Waals surface area (Å²) in [5.41, 5.74) is 0.401. The van der Waals surface area contributed by atoms with Crippen LogP contribution in [0.1, 0.15) is 15.2 Å². The number of methoxy groups -OCH3 is 1. The maximum atomic E-state index is 13.3. The Hall–Kier alpha value is -4.23. The normalized spacial score (nSPS) is 11.1. The molecule has 0 fully saturated rings. The molecule has 0 bridgehead atoms. The number of thiazole rings is 1. The molecule has 0 unspecified atom stereocenters. The van der Waals surface area contributed by atoms with E-state index < -0.39 is 15.8 Å². The number of carbonyl (C=O) groups excluding carboxylic acids is 1. The monoisotopic (exact) mass is 483 g/mol. The highest BCUT2D eigenvalue weighted by atomic mass is 32.1. The number of benzene rings is 2. The number of aromatic nitrogens is 1. The van der Waals surface area contributed by atoms with Crippen molar-refractivity contribution in [2.75, 3.05) is 12.1 Å². The third kappa shape index (κ3) is 4.68. The van der Waals surface area contributed by atoms with Gasteiger partial charge >= 0.3 is 5.00 Å². The van der Waals surface area contributed by atoms with E-state index in [-0.39, 0.29) is 21.4 Å². The lowest BCUT2D eigenvalue weighted by atomic mass is 10.2. The number of hydrazone groups is 1. The van der Waals surface area contributed by atoms with E-state index in [1.807, 2.05) is 0 Å². The summed E-state index contributed by atoms with van der Waals surface area (Å²) in [5.74, 6) is -0.0318. The first-order valence-corrected chi connectivity index (χ1v) is 10.8. The number of hydrogen-bond donors (Lipinski definition) is 0. The van der Waals surface area contributed by atoms with Crippen LogP contribution in [0, 0.1) is 20.2 Å². The molecule has 0 aliphatic carbocycles. The second-order valence-electron chi connectivity index (χ2n) is 6.43. The van der Waals surface area contributed by atoms with Gasteiger partial charge in [0.15, 0.2) is 0 Å². The Morgan fingerprint density at radius 1 is 1.09 bits per heavy atom. The largest absolute Gasteiger partial charge is 0.497 e. The zero-order chi connectivity index (χ0) is 23.5. The SMILES string of the molecule is COc1ccc2nc(N(/N=C/c3ccc([N+](=O)[O-])s3)C(=O)c3cccc([N+](=O)[O-])c3)sc2c1. The maximum Gasteiger partial charge on any atom is 0.324 e. The highest BCUT2D eigenvalue weighted by Crippen LogP contribution is 2.33. The molecule has 4 aromatic rings. The van der Waals surface area contributed by atoms with Gasteiger partial charge in [-0.1, -0.05) is 28.7 Å². The zero-order valence-electron chi connectivity index (χ0n) is 16.8. The standard InChI is InChI=1S/C20H13N5O6S2/c1-31-14-5-7-16-17(10-14)33-20(22-16)23(21-11-15-6-8-18(32-15)25(29)30)19(26)12-3-2-4-13(9-12)24(27)28/h2-11H,1H3/b21-11+. The number of nitro benzene ring substituents is 1. The molecule has 2 aromatic heterocycles. The lowest BCUT2D eigenvalue weighted by Crippen LogP contribution is -2.25. The quantitative estimate of drug-likeness (QED) is 0.207. The molecule has 11 nitrogen and oxygen atoms in total. The van der Waals surface area contributed by atoms with Crippen molar-refractivity contribution in [3.05, 3.63) is 85.3 Å². The van der Waals surface area contributed by atoms with Crippen molar-refractivity contribution in [3.8, 4) is 5.75 Å². The second-order valence-corrected chi connectivity index (χ2v) is 8.54. The maximum absolute atomic E-state index is 13.3. The number of carbonyl (C=O) groups is 1. The topological polar surface area (TPSA) is 141 Å². The van der Waals surface area contributed by atoms with Crippen LogP contribution in [-0.4, -0.2) is 34.1 Å². The van der Waals surface area contributed by atoms with Gasteiger partial charge in [-0.2, -0.15) is 10.1 Å². The third-order valence-electron chi connectivity index (χ3n) is 4.35. The Balaban J connectivity index is 1.76. The fraction of sp³-hybridized carbons (Fsp3) is 0.0500. The Morgan fingerprint density at radius 3 is 2.61 bits per heavy atom. The smallest absolute Gasteiger partial charge is 0.324 e. The molecule has 0 atom stereocenters. The van der Waals surface area contributed by atoms with E-state index in [2.05, 4.69) is 10.1 Å². The summed E-state index contributed by atoms with van der Waals surface area (Å²) in [6.07, 6.45) is 1.31. The first kappa shape index (κ1) is 22.0. The summed E-state index contributed by atoms with van der Waals surface area (Å²) in [6, 6.07) is 13.3. The molecule has 13 heteroatoms. The highest BCUT2D eigenvalue weighted by molar-refractivity contribution is 7.22. The molecule has 0 aliphatic heterocycles. The number of non-ortho nitro benzene ring substituents is 1. The van der Waals surface area contributed by atoms with Gasteiger partial charge in [0, 0.05) is 23.8 Å². The van der Waals surface area contributed by atoms with Crippen LogP contribution in [0.4, 0.5) is 15.8 Å². The van der Waals surface area contributed by atoms with Gasteiger partial charge in [0.1, 0.15) is 5.75 Å². The van der Waals surface area contributed by atoms with Crippen molar-refractivity contribution >= 4 is 60.8 Å². The molecule has 33 heavy (non-hydrogen) atoms. The van der Waals surface area contributed by atoms with Gasteiger partial charge in [0.2, 0.25) is 5.13 Å². The van der Waals surface area contributed by atoms with Crippen LogP contribution in [0.15, 0.2) is 59.7 Å². The van der Waals surface area contributed by atoms with Crippen LogP contribution in [0.2, 0.25) is 0 Å². The van der Waals surface area contributed by atoms with Crippen molar-refractivity contribution in [2.45, 2.75) is 0 Å². The highest BCUT2D eigenvalue weighted by Gasteiger charge is 2.23. The first-order valence-electron chi connectivity index (χ1n) is 9.17. The minimum atomic E-state index is -0.646. The summed E-state index contributed by atoms with van der Waals surface area (Å²) in [6.45, 7) is 0. The average molecular weight is 483 g/mol. The molecule has 0 spiro atoms. The number of ether oxygens (including phenoxy) is 1. The van der Waals surface area contributed by atoms with Crippen molar-refractivity contribution in [2.24, 2.45) is 5.10 Å². The van der Waals surface area contributed by atoms with Gasteiger partial charge < -0.3 is 4.74 Å². The number of rotatable bonds is 7. The van der Waals surface area contributed by atoms with Crippen molar-refractivity contribution in [3.63, 3.8) is 0 Å². The first-order chi connectivity index (χ1) is 15.9. The fourth-order valence-corrected chi connectivity index (χ4v) is 4.44. The Labute approximate surface area is 193 Å². The van der Waals surface area contributed by atoms with Crippen molar-refractivity contribution in [1.29, 1.82) is 0 Å². The van der Waals surface area contributed by atoms with Crippen molar-refractivity contribution in [1.82, 2.24) is 4.98 Å². The van der Waals surface area contributed by atoms with Crippen molar-refractivity contribution < 1.29 is 19.4 Å². The molecule has 0 saturated carbocycles. The molecule has 0 N–H and O–H groups in total. The van der Waals surface area contributed by atoms with Gasteiger partial charge in [0.25, 0.3) is 11.6 Å². The second kappa shape index (κ2) is 9.10. The minimum Gasteiger partial charge on any atom is -0.497 e. The number of anilines is 1. The van der Waals surface area contributed by atoms with E-state index in [0.29, 0.717) is 16.1 Å². The number of nitro groups is 2. The van der Waals surface area contributed by atoms with Crippen LogP contribution in [0.5, 0.6) is 5.75 Å². The molecule has 0 saturated heterocycles. The predicted molar refractivity (Wildman–Crippen MR) is 125 cm³/mol. The van der Waals surface area contributed by atoms with Crippen LogP contribution >= 0.6 is 22.7 Å². The molecular formula is C20H13N5O6S2. The molecule has 0 radical (unpaired) electrons. The van der Waals surface area contributed by atoms with E-state index in [0.717, 1.165) is 27.1 Å². The van der Waals surface area contributed by atoms with E-state index >= 15 is 0 Å². The number of hydrogen-bond acceptors (Lipinski definition) is 10. The lowest BCUT2D eigenvalue weighted by molar-refractivity contribution is -0.384. The molecule has 166 valence electrons. The summed E-state index contributed by atoms with van der Waals surface area (Å²) in [7, 11) is 1.53. The Bertz CT molecular complexity index is 1410. The minimum absolute atomic E-state index is 0.0374. The average Bonchev–Trinajstić information content (AvgIpc) is 3.46. The number of thiophene rings is 1. The summed E-state index contributed by atoms with van der Waals surface area (Å²) in [4.78, 5) is 39.1. The summed E-state index contributed by atoms with van der Waals surface area (Å²) < 4.78 is 5.96. The molecule has 4 rings (SSSR count). The fourth-order valence-electron chi connectivity index (χ4n) is 2.80. The van der Waals surface area contributed by atoms with E-state index in [1.54, 1.807) is 18.2 Å². The van der Waals surface area contributed by atoms with E-state index in [1.165, 1.54) is 55.0 Å². The van der Waals surface area contributed by atoms with Gasteiger partial charge in [-0.3, -0.25) is 25.0 Å². The van der Waals surface area contributed by atoms with Crippen LogP contribution in [0.3, 0.4) is 0 Å². The predicted octanol–water partition coefficient (Wildman–Crippen LogP) is 4.86. The van der Waals surface area contributed by atoms with E-state index in [9.17, 15) is 25.0 Å². The number of nitrogens with zero attached hydrogens (tertiary/aromatic N) is 5. The van der Waals surface area contributed by atoms with Gasteiger partial charge in [-0.25, -0.2) is 4.98 Å². The summed E-state index contributed by atoms with van der Waals surface area (Å²) >= 11 is 2.07. The molecular weight excluding hydrogens is 470 g/mol. The van der Waals surface area contributed by atoms with Gasteiger partial charge in [-0.15, -0.1) is 0 Å². The Morgan fingerprint density at radius 2 is 1.91 bits per heavy atom. The van der Waals surface area contributed by atoms with E-state index in [4.69, 9.17) is 4.74 Å². The third-order valence-corrected chi connectivity index (χ3v) is 6.32. The molecule has 0 aliphatic rings. The molecule has 2 aromatic carbocycles. The van der Waals surface area contributed by atoms with Gasteiger partial charge in [0.05, 0.1) is 38.3 Å². The number of amides is 1. The van der Waals surface area contributed by atoms with Crippen LogP contribution in [-0.2, 0) is 0 Å². The molecule has 2 heterocycles. The van der Waals surface area contributed by atoms with Gasteiger partial charge in [-0.05, 0) is 30.3 Å². The molecule has 1 amide bonds. The summed E-state index contributed by atoms with van der Waals surface area (Å²) in [5, 5.41) is 27.5. The van der Waals surface area contributed by atoms with Crippen LogP contribution in [0.25, 0.3) is 10.2 Å². The zero-order valence-corrected chi connectivity index (χ0v) is 18.4. The number of fused-ring (bicyclic) bond motifs is 1. The Kier molecular flexibility index (Phi) is 6.06.